The Kier molecular flexibility index (Phi) is 4.69. The van der Waals surface area contributed by atoms with Crippen molar-refractivity contribution >= 4 is 5.91 Å². The maximum Gasteiger partial charge on any atom is 0.254 e. The summed E-state index contributed by atoms with van der Waals surface area (Å²) in [6, 6.07) is 6.53. The van der Waals surface area contributed by atoms with Gasteiger partial charge in [0.05, 0.1) is 19.2 Å². The van der Waals surface area contributed by atoms with Crippen molar-refractivity contribution in [2.75, 3.05) is 26.3 Å². The SMILES string of the molecule is O=C(c1cccc(O)c1)N1CC2(CC(OCC3CCCC3)CCO2)C1. The second kappa shape index (κ2) is 6.96. The molecule has 1 aromatic rings. The molecule has 1 unspecified atom stereocenters. The Morgan fingerprint density at radius 2 is 2.08 bits per heavy atom. The lowest BCUT2D eigenvalue weighted by Gasteiger charge is -2.53. The molecular formula is C20H27NO4. The van der Waals surface area contributed by atoms with Crippen molar-refractivity contribution in [3.8, 4) is 5.75 Å². The number of rotatable bonds is 4. The zero-order valence-electron chi connectivity index (χ0n) is 14.7. The van der Waals surface area contributed by atoms with Crippen molar-refractivity contribution in [2.24, 2.45) is 5.92 Å². The Morgan fingerprint density at radius 3 is 2.84 bits per heavy atom. The largest absolute Gasteiger partial charge is 0.508 e. The van der Waals surface area contributed by atoms with Crippen LogP contribution in [0.3, 0.4) is 0 Å². The molecule has 1 saturated carbocycles. The number of hydrogen-bond acceptors (Lipinski definition) is 4. The molecule has 2 saturated heterocycles. The van der Waals surface area contributed by atoms with Crippen LogP contribution in [0.4, 0.5) is 0 Å². The average molecular weight is 345 g/mol. The topological polar surface area (TPSA) is 59.0 Å². The number of carbonyl (C=O) groups excluding carboxylic acids is 1. The third-order valence-electron chi connectivity index (χ3n) is 5.83. The van der Waals surface area contributed by atoms with Gasteiger partial charge in [-0.25, -0.2) is 0 Å². The number of benzene rings is 1. The number of carbonyl (C=O) groups is 1. The van der Waals surface area contributed by atoms with E-state index in [-0.39, 0.29) is 23.4 Å². The van der Waals surface area contributed by atoms with Crippen LogP contribution in [-0.2, 0) is 9.47 Å². The lowest BCUT2D eigenvalue weighted by atomic mass is 9.84. The predicted molar refractivity (Wildman–Crippen MR) is 93.6 cm³/mol. The van der Waals surface area contributed by atoms with Crippen LogP contribution in [0.15, 0.2) is 24.3 Å². The number of aromatic hydroxyl groups is 1. The van der Waals surface area contributed by atoms with E-state index in [0.717, 1.165) is 25.4 Å². The fourth-order valence-corrected chi connectivity index (χ4v) is 4.41. The number of hydrogen-bond donors (Lipinski definition) is 1. The van der Waals surface area contributed by atoms with Crippen LogP contribution in [0.25, 0.3) is 0 Å². The van der Waals surface area contributed by atoms with Gasteiger partial charge in [-0.15, -0.1) is 0 Å². The number of phenolic OH excluding ortho intramolecular Hbond substituents is 1. The smallest absolute Gasteiger partial charge is 0.254 e. The molecule has 3 aliphatic rings. The Bertz CT molecular complexity index is 620. The first-order valence-electron chi connectivity index (χ1n) is 9.47. The van der Waals surface area contributed by atoms with E-state index in [1.54, 1.807) is 23.1 Å². The number of amides is 1. The van der Waals surface area contributed by atoms with Crippen LogP contribution >= 0.6 is 0 Å². The average Bonchev–Trinajstić information content (AvgIpc) is 3.11. The quantitative estimate of drug-likeness (QED) is 0.911. The summed E-state index contributed by atoms with van der Waals surface area (Å²) in [6.07, 6.45) is 7.39. The summed E-state index contributed by atoms with van der Waals surface area (Å²) in [5.41, 5.74) is 0.296. The van der Waals surface area contributed by atoms with Crippen molar-refractivity contribution in [2.45, 2.75) is 50.2 Å². The van der Waals surface area contributed by atoms with Crippen molar-refractivity contribution in [3.05, 3.63) is 29.8 Å². The van der Waals surface area contributed by atoms with Gasteiger partial charge in [-0.1, -0.05) is 18.9 Å². The highest BCUT2D eigenvalue weighted by Gasteiger charge is 2.49. The Labute approximate surface area is 148 Å². The van der Waals surface area contributed by atoms with Gasteiger partial charge in [0.25, 0.3) is 5.91 Å². The monoisotopic (exact) mass is 345 g/mol. The highest BCUT2D eigenvalue weighted by atomic mass is 16.5. The molecule has 136 valence electrons. The number of likely N-dealkylation sites (tertiary alicyclic amines) is 1. The summed E-state index contributed by atoms with van der Waals surface area (Å²) in [5.74, 6) is 0.818. The summed E-state index contributed by atoms with van der Waals surface area (Å²) >= 11 is 0. The first kappa shape index (κ1) is 16.9. The minimum atomic E-state index is -0.231. The van der Waals surface area contributed by atoms with Gasteiger partial charge < -0.3 is 19.5 Å². The summed E-state index contributed by atoms with van der Waals surface area (Å²) in [4.78, 5) is 14.3. The third kappa shape index (κ3) is 3.67. The van der Waals surface area contributed by atoms with Gasteiger partial charge >= 0.3 is 0 Å². The summed E-state index contributed by atoms with van der Waals surface area (Å²) < 4.78 is 12.2. The van der Waals surface area contributed by atoms with Gasteiger partial charge in [-0.2, -0.15) is 0 Å². The van der Waals surface area contributed by atoms with E-state index in [4.69, 9.17) is 9.47 Å². The van der Waals surface area contributed by atoms with E-state index < -0.39 is 0 Å². The number of ether oxygens (including phenoxy) is 2. The molecule has 4 rings (SSSR count). The molecule has 5 nitrogen and oxygen atoms in total. The molecule has 1 spiro atoms. The summed E-state index contributed by atoms with van der Waals surface area (Å²) in [7, 11) is 0. The molecule has 2 heterocycles. The van der Waals surface area contributed by atoms with Gasteiger partial charge in [-0.05, 0) is 43.4 Å². The van der Waals surface area contributed by atoms with Gasteiger partial charge in [0.1, 0.15) is 11.4 Å². The van der Waals surface area contributed by atoms with E-state index in [1.165, 1.54) is 31.7 Å². The number of nitrogens with zero attached hydrogens (tertiary/aromatic N) is 1. The molecule has 1 aliphatic carbocycles. The second-order valence-electron chi connectivity index (χ2n) is 7.84. The van der Waals surface area contributed by atoms with Crippen LogP contribution in [-0.4, -0.2) is 53.9 Å². The van der Waals surface area contributed by atoms with Crippen molar-refractivity contribution in [1.29, 1.82) is 0 Å². The molecule has 1 N–H and O–H groups in total. The molecule has 2 aliphatic heterocycles. The van der Waals surface area contributed by atoms with E-state index in [0.29, 0.717) is 25.3 Å². The first-order valence-corrected chi connectivity index (χ1v) is 9.47. The fourth-order valence-electron chi connectivity index (χ4n) is 4.41. The zero-order valence-corrected chi connectivity index (χ0v) is 14.7. The molecule has 0 radical (unpaired) electrons. The van der Waals surface area contributed by atoms with Crippen molar-refractivity contribution in [1.82, 2.24) is 4.90 Å². The third-order valence-corrected chi connectivity index (χ3v) is 5.83. The van der Waals surface area contributed by atoms with E-state index >= 15 is 0 Å². The maximum atomic E-state index is 12.5. The lowest BCUT2D eigenvalue weighted by Crippen LogP contribution is -2.67. The highest BCUT2D eigenvalue weighted by Crippen LogP contribution is 2.37. The molecule has 5 heteroatoms. The van der Waals surface area contributed by atoms with Crippen LogP contribution in [0.2, 0.25) is 0 Å². The van der Waals surface area contributed by atoms with E-state index in [1.807, 2.05) is 0 Å². The van der Waals surface area contributed by atoms with Gasteiger partial charge in [0, 0.05) is 25.2 Å². The molecule has 1 amide bonds. The Morgan fingerprint density at radius 1 is 1.28 bits per heavy atom. The van der Waals surface area contributed by atoms with E-state index in [2.05, 4.69) is 0 Å². The van der Waals surface area contributed by atoms with Crippen molar-refractivity contribution < 1.29 is 19.4 Å². The van der Waals surface area contributed by atoms with Gasteiger partial charge in [0.15, 0.2) is 0 Å². The fraction of sp³-hybridized carbons (Fsp3) is 0.650. The standard InChI is InChI=1S/C20H27NO4/c22-17-7-3-6-16(10-17)19(23)21-13-20(14-21)11-18(8-9-25-20)24-12-15-4-1-2-5-15/h3,6-7,10,15,18,22H,1-2,4-5,8-9,11-14H2. The van der Waals surface area contributed by atoms with Crippen LogP contribution < -0.4 is 0 Å². The minimum Gasteiger partial charge on any atom is -0.508 e. The first-order chi connectivity index (χ1) is 12.1. The summed E-state index contributed by atoms with van der Waals surface area (Å²) in [6.45, 7) is 2.83. The van der Waals surface area contributed by atoms with Crippen LogP contribution in [0, 0.1) is 5.92 Å². The molecule has 0 bridgehead atoms. The van der Waals surface area contributed by atoms with Crippen LogP contribution in [0.5, 0.6) is 5.75 Å². The normalized spacial score (nSPS) is 25.9. The minimum absolute atomic E-state index is 0.0425. The van der Waals surface area contributed by atoms with Gasteiger partial charge in [0.2, 0.25) is 0 Å². The predicted octanol–water partition coefficient (Wildman–Crippen LogP) is 2.97. The maximum absolute atomic E-state index is 12.5. The van der Waals surface area contributed by atoms with E-state index in [9.17, 15) is 9.90 Å². The Balaban J connectivity index is 1.29. The van der Waals surface area contributed by atoms with Crippen LogP contribution in [0.1, 0.15) is 48.9 Å². The molecule has 0 aromatic heterocycles. The Hall–Kier alpha value is -1.59. The molecular weight excluding hydrogens is 318 g/mol. The lowest BCUT2D eigenvalue weighted by molar-refractivity contribution is -0.187. The second-order valence-corrected chi connectivity index (χ2v) is 7.84. The zero-order chi connectivity index (χ0) is 17.3. The highest BCUT2D eigenvalue weighted by molar-refractivity contribution is 5.95. The summed E-state index contributed by atoms with van der Waals surface area (Å²) in [5, 5.41) is 9.55. The molecule has 1 atom stereocenters. The molecule has 3 fully saturated rings. The molecule has 25 heavy (non-hydrogen) atoms. The van der Waals surface area contributed by atoms with Gasteiger partial charge in [-0.3, -0.25) is 4.79 Å². The number of phenols is 1. The molecule has 1 aromatic carbocycles. The van der Waals surface area contributed by atoms with Crippen molar-refractivity contribution in [3.63, 3.8) is 0 Å².